The lowest BCUT2D eigenvalue weighted by Crippen LogP contribution is -2.31. The zero-order valence-electron chi connectivity index (χ0n) is 12.7. The van der Waals surface area contributed by atoms with E-state index in [-0.39, 0.29) is 18.1 Å². The SMILES string of the molecule is CCOc1ccc(NC(=O)CCS(=O)(=O)N2CCCC2)cc1. The highest BCUT2D eigenvalue weighted by Crippen LogP contribution is 2.17. The number of carbonyl (C=O) groups excluding carboxylic acids is 1. The van der Waals surface area contributed by atoms with Gasteiger partial charge in [0, 0.05) is 25.2 Å². The van der Waals surface area contributed by atoms with Crippen molar-refractivity contribution in [3.8, 4) is 5.75 Å². The molecule has 6 nitrogen and oxygen atoms in total. The quantitative estimate of drug-likeness (QED) is 0.829. The van der Waals surface area contributed by atoms with E-state index < -0.39 is 10.0 Å². The van der Waals surface area contributed by atoms with Crippen molar-refractivity contribution in [1.82, 2.24) is 4.31 Å². The Balaban J connectivity index is 1.82. The normalized spacial score (nSPS) is 15.7. The molecular weight excluding hydrogens is 304 g/mol. The average molecular weight is 326 g/mol. The van der Waals surface area contributed by atoms with Crippen LogP contribution in [0.4, 0.5) is 5.69 Å². The van der Waals surface area contributed by atoms with E-state index in [0.29, 0.717) is 25.4 Å². The summed E-state index contributed by atoms with van der Waals surface area (Å²) in [6.45, 7) is 3.63. The van der Waals surface area contributed by atoms with Gasteiger partial charge in [-0.05, 0) is 44.0 Å². The number of nitrogens with zero attached hydrogens (tertiary/aromatic N) is 1. The highest BCUT2D eigenvalue weighted by atomic mass is 32.2. The molecule has 0 radical (unpaired) electrons. The van der Waals surface area contributed by atoms with Crippen molar-refractivity contribution in [3.05, 3.63) is 24.3 Å². The molecule has 1 saturated heterocycles. The third-order valence-electron chi connectivity index (χ3n) is 3.49. The van der Waals surface area contributed by atoms with E-state index in [2.05, 4.69) is 5.32 Å². The molecule has 1 heterocycles. The smallest absolute Gasteiger partial charge is 0.225 e. The first kappa shape index (κ1) is 16.8. The molecule has 1 amide bonds. The standard InChI is InChI=1S/C15H22N2O4S/c1-2-21-14-7-5-13(6-8-14)16-15(18)9-12-22(19,20)17-10-3-4-11-17/h5-8H,2-4,9-12H2,1H3,(H,16,18). The number of anilines is 1. The Hall–Kier alpha value is -1.60. The number of nitrogens with one attached hydrogen (secondary N) is 1. The van der Waals surface area contributed by atoms with E-state index in [1.807, 2.05) is 6.92 Å². The summed E-state index contributed by atoms with van der Waals surface area (Å²) in [5, 5.41) is 2.70. The Bertz CT molecular complexity index is 592. The van der Waals surface area contributed by atoms with Gasteiger partial charge < -0.3 is 10.1 Å². The molecule has 7 heteroatoms. The third kappa shape index (κ3) is 4.71. The summed E-state index contributed by atoms with van der Waals surface area (Å²) in [5.74, 6) is 0.291. The molecule has 2 rings (SSSR count). The monoisotopic (exact) mass is 326 g/mol. The number of benzene rings is 1. The van der Waals surface area contributed by atoms with Crippen molar-refractivity contribution in [2.24, 2.45) is 0 Å². The van der Waals surface area contributed by atoms with E-state index >= 15 is 0 Å². The molecule has 1 N–H and O–H groups in total. The molecule has 22 heavy (non-hydrogen) atoms. The second-order valence-corrected chi connectivity index (χ2v) is 7.27. The van der Waals surface area contributed by atoms with Gasteiger partial charge in [-0.3, -0.25) is 4.79 Å². The van der Waals surface area contributed by atoms with Crippen LogP contribution < -0.4 is 10.1 Å². The van der Waals surface area contributed by atoms with Gasteiger partial charge in [0.1, 0.15) is 5.75 Å². The van der Waals surface area contributed by atoms with Crippen LogP contribution >= 0.6 is 0 Å². The minimum atomic E-state index is -3.31. The Morgan fingerprint density at radius 3 is 2.45 bits per heavy atom. The molecule has 1 aliphatic heterocycles. The maximum Gasteiger partial charge on any atom is 0.225 e. The lowest BCUT2D eigenvalue weighted by molar-refractivity contribution is -0.115. The molecule has 1 aromatic carbocycles. The molecule has 0 aliphatic carbocycles. The van der Waals surface area contributed by atoms with E-state index in [1.165, 1.54) is 4.31 Å². The molecule has 0 aromatic heterocycles. The fourth-order valence-electron chi connectivity index (χ4n) is 2.34. The van der Waals surface area contributed by atoms with Gasteiger partial charge in [-0.2, -0.15) is 0 Å². The number of sulfonamides is 1. The molecular formula is C15H22N2O4S. The first-order valence-corrected chi connectivity index (χ1v) is 9.13. The highest BCUT2D eigenvalue weighted by Gasteiger charge is 2.25. The largest absolute Gasteiger partial charge is 0.494 e. The molecule has 0 saturated carbocycles. The zero-order chi connectivity index (χ0) is 16.0. The number of hydrogen-bond donors (Lipinski definition) is 1. The fourth-order valence-corrected chi connectivity index (χ4v) is 3.86. The minimum Gasteiger partial charge on any atom is -0.494 e. The Morgan fingerprint density at radius 1 is 1.23 bits per heavy atom. The first-order valence-electron chi connectivity index (χ1n) is 7.52. The van der Waals surface area contributed by atoms with Crippen LogP contribution in [-0.2, 0) is 14.8 Å². The summed E-state index contributed by atoms with van der Waals surface area (Å²) in [4.78, 5) is 11.9. The van der Waals surface area contributed by atoms with E-state index in [4.69, 9.17) is 4.74 Å². The van der Waals surface area contributed by atoms with Crippen LogP contribution in [0.15, 0.2) is 24.3 Å². The topological polar surface area (TPSA) is 75.7 Å². The maximum absolute atomic E-state index is 12.0. The summed E-state index contributed by atoms with van der Waals surface area (Å²) < 4.78 is 30.9. The number of amides is 1. The highest BCUT2D eigenvalue weighted by molar-refractivity contribution is 7.89. The van der Waals surface area contributed by atoms with Crippen LogP contribution in [0.1, 0.15) is 26.2 Å². The Kier molecular flexibility index (Phi) is 5.79. The van der Waals surface area contributed by atoms with Gasteiger partial charge in [-0.1, -0.05) is 0 Å². The predicted molar refractivity (Wildman–Crippen MR) is 85.5 cm³/mol. The number of hydrogen-bond acceptors (Lipinski definition) is 4. The van der Waals surface area contributed by atoms with Crippen LogP contribution in [0.3, 0.4) is 0 Å². The predicted octanol–water partition coefficient (Wildman–Crippen LogP) is 1.84. The number of carbonyl (C=O) groups is 1. The van der Waals surface area contributed by atoms with Crippen LogP contribution in [0.2, 0.25) is 0 Å². The first-order chi connectivity index (χ1) is 10.5. The molecule has 1 aliphatic rings. The van der Waals surface area contributed by atoms with Crippen LogP contribution in [0, 0.1) is 0 Å². The van der Waals surface area contributed by atoms with Crippen molar-refractivity contribution in [2.45, 2.75) is 26.2 Å². The zero-order valence-corrected chi connectivity index (χ0v) is 13.6. The maximum atomic E-state index is 12.0. The summed E-state index contributed by atoms with van der Waals surface area (Å²) in [6.07, 6.45) is 1.77. The van der Waals surface area contributed by atoms with Crippen molar-refractivity contribution < 1.29 is 17.9 Å². The lowest BCUT2D eigenvalue weighted by Gasteiger charge is -2.15. The second-order valence-electron chi connectivity index (χ2n) is 5.18. The van der Waals surface area contributed by atoms with Gasteiger partial charge in [0.2, 0.25) is 15.9 Å². The van der Waals surface area contributed by atoms with E-state index in [1.54, 1.807) is 24.3 Å². The van der Waals surface area contributed by atoms with Gasteiger partial charge in [-0.15, -0.1) is 0 Å². The van der Waals surface area contributed by atoms with Gasteiger partial charge >= 0.3 is 0 Å². The van der Waals surface area contributed by atoms with Gasteiger partial charge in [0.05, 0.1) is 12.4 Å². The molecule has 0 bridgehead atoms. The second kappa shape index (κ2) is 7.60. The van der Waals surface area contributed by atoms with Crippen molar-refractivity contribution in [1.29, 1.82) is 0 Å². The van der Waals surface area contributed by atoms with Crippen molar-refractivity contribution in [2.75, 3.05) is 30.8 Å². The van der Waals surface area contributed by atoms with E-state index in [0.717, 1.165) is 18.6 Å². The molecule has 0 spiro atoms. The Labute approximate surface area is 131 Å². The van der Waals surface area contributed by atoms with Crippen molar-refractivity contribution >= 4 is 21.6 Å². The molecule has 0 unspecified atom stereocenters. The lowest BCUT2D eigenvalue weighted by atomic mass is 10.3. The van der Waals surface area contributed by atoms with Crippen molar-refractivity contribution in [3.63, 3.8) is 0 Å². The number of ether oxygens (including phenoxy) is 1. The number of rotatable bonds is 7. The van der Waals surface area contributed by atoms with Gasteiger partial charge in [-0.25, -0.2) is 12.7 Å². The minimum absolute atomic E-state index is 0.0357. The Morgan fingerprint density at radius 2 is 1.86 bits per heavy atom. The fraction of sp³-hybridized carbons (Fsp3) is 0.533. The molecule has 1 fully saturated rings. The third-order valence-corrected chi connectivity index (χ3v) is 5.37. The summed E-state index contributed by atoms with van der Waals surface area (Å²) in [6, 6.07) is 7.00. The molecule has 0 atom stereocenters. The summed E-state index contributed by atoms with van der Waals surface area (Å²) >= 11 is 0. The molecule has 122 valence electrons. The average Bonchev–Trinajstić information content (AvgIpc) is 3.03. The van der Waals surface area contributed by atoms with E-state index in [9.17, 15) is 13.2 Å². The van der Waals surface area contributed by atoms with Gasteiger partial charge in [0.15, 0.2) is 0 Å². The van der Waals surface area contributed by atoms with Crippen LogP contribution in [0.5, 0.6) is 5.75 Å². The van der Waals surface area contributed by atoms with Gasteiger partial charge in [0.25, 0.3) is 0 Å². The summed E-state index contributed by atoms with van der Waals surface area (Å²) in [5.41, 5.74) is 0.632. The van der Waals surface area contributed by atoms with Crippen LogP contribution in [0.25, 0.3) is 0 Å². The summed E-state index contributed by atoms with van der Waals surface area (Å²) in [7, 11) is -3.31. The molecule has 1 aromatic rings. The van der Waals surface area contributed by atoms with Crippen LogP contribution in [-0.4, -0.2) is 44.1 Å².